The molecule has 0 bridgehead atoms. The van der Waals surface area contributed by atoms with E-state index >= 15 is 0 Å². The summed E-state index contributed by atoms with van der Waals surface area (Å²) < 4.78 is 54.1. The minimum Gasteiger partial charge on any atom is -0.484 e. The van der Waals surface area contributed by atoms with Crippen molar-refractivity contribution in [2.45, 2.75) is 32.5 Å². The lowest BCUT2D eigenvalue weighted by molar-refractivity contribution is -0.153. The molecule has 1 aromatic rings. The van der Waals surface area contributed by atoms with E-state index in [1.807, 2.05) is 6.92 Å². The van der Waals surface area contributed by atoms with Crippen LogP contribution in [0.1, 0.15) is 31.9 Å². The van der Waals surface area contributed by atoms with Gasteiger partial charge in [0.15, 0.2) is 6.61 Å². The molecular weight excluding hydrogens is 262 g/mol. The Morgan fingerprint density at radius 1 is 1.32 bits per heavy atom. The number of hydrogen-bond donors (Lipinski definition) is 1. The largest absolute Gasteiger partial charge is 0.484 e. The smallest absolute Gasteiger partial charge is 0.422 e. The average Bonchev–Trinajstić information content (AvgIpc) is 2.32. The van der Waals surface area contributed by atoms with Gasteiger partial charge in [-0.15, -0.1) is 0 Å². The molecule has 108 valence electrons. The third-order valence-corrected chi connectivity index (χ3v) is 2.54. The van der Waals surface area contributed by atoms with Gasteiger partial charge < -0.3 is 10.1 Å². The summed E-state index contributed by atoms with van der Waals surface area (Å²) in [6.07, 6.45) is -3.51. The van der Waals surface area contributed by atoms with Gasteiger partial charge in [0.25, 0.3) is 0 Å². The van der Waals surface area contributed by atoms with Crippen molar-refractivity contribution >= 4 is 0 Å². The van der Waals surface area contributed by atoms with Crippen LogP contribution in [0.25, 0.3) is 0 Å². The van der Waals surface area contributed by atoms with Gasteiger partial charge in [0.05, 0.1) is 0 Å². The standard InChI is InChI=1S/C13H17F4NO/c1-3-6-18-9(2)11-5-4-10(7-12(11)14)19-8-13(15,16)17/h4-5,7,9,18H,3,6,8H2,1-2H3. The predicted octanol–water partition coefficient (Wildman–Crippen LogP) is 3.83. The fourth-order valence-corrected chi connectivity index (χ4v) is 1.58. The van der Waals surface area contributed by atoms with Crippen molar-refractivity contribution in [2.24, 2.45) is 0 Å². The molecule has 0 saturated heterocycles. The van der Waals surface area contributed by atoms with Crippen LogP contribution in [0.5, 0.6) is 5.75 Å². The van der Waals surface area contributed by atoms with E-state index in [4.69, 9.17) is 0 Å². The maximum atomic E-state index is 13.7. The Morgan fingerprint density at radius 2 is 2.00 bits per heavy atom. The molecule has 2 nitrogen and oxygen atoms in total. The lowest BCUT2D eigenvalue weighted by Gasteiger charge is -2.15. The van der Waals surface area contributed by atoms with E-state index in [2.05, 4.69) is 10.1 Å². The molecule has 0 fully saturated rings. The lowest BCUT2D eigenvalue weighted by atomic mass is 10.1. The average molecular weight is 279 g/mol. The Morgan fingerprint density at radius 3 is 2.53 bits per heavy atom. The van der Waals surface area contributed by atoms with Gasteiger partial charge in [0.1, 0.15) is 11.6 Å². The Labute approximate surface area is 109 Å². The molecule has 0 radical (unpaired) electrons. The highest BCUT2D eigenvalue weighted by Crippen LogP contribution is 2.23. The van der Waals surface area contributed by atoms with Crippen molar-refractivity contribution in [3.8, 4) is 5.75 Å². The molecule has 0 aliphatic carbocycles. The van der Waals surface area contributed by atoms with E-state index in [9.17, 15) is 17.6 Å². The van der Waals surface area contributed by atoms with Gasteiger partial charge >= 0.3 is 6.18 Å². The van der Waals surface area contributed by atoms with Crippen LogP contribution in [-0.2, 0) is 0 Å². The molecule has 0 aromatic heterocycles. The van der Waals surface area contributed by atoms with Crippen LogP contribution in [0, 0.1) is 5.82 Å². The first kappa shape index (κ1) is 15.8. The van der Waals surface area contributed by atoms with Crippen LogP contribution in [0.4, 0.5) is 17.6 Å². The van der Waals surface area contributed by atoms with E-state index < -0.39 is 18.6 Å². The SMILES string of the molecule is CCCNC(C)c1ccc(OCC(F)(F)F)cc1F. The second-order valence-electron chi connectivity index (χ2n) is 4.26. The minimum atomic E-state index is -4.43. The van der Waals surface area contributed by atoms with E-state index in [0.717, 1.165) is 19.0 Å². The second kappa shape index (κ2) is 6.75. The highest BCUT2D eigenvalue weighted by molar-refractivity contribution is 5.30. The fourth-order valence-electron chi connectivity index (χ4n) is 1.58. The van der Waals surface area contributed by atoms with Crippen LogP contribution in [0.15, 0.2) is 18.2 Å². The molecule has 1 N–H and O–H groups in total. The van der Waals surface area contributed by atoms with Crippen molar-refractivity contribution in [1.82, 2.24) is 5.32 Å². The highest BCUT2D eigenvalue weighted by Gasteiger charge is 2.28. The summed E-state index contributed by atoms with van der Waals surface area (Å²) in [6.45, 7) is 3.11. The van der Waals surface area contributed by atoms with Crippen molar-refractivity contribution in [3.05, 3.63) is 29.6 Å². The molecule has 0 aliphatic rings. The molecule has 0 spiro atoms. The number of ether oxygens (including phenoxy) is 1. The monoisotopic (exact) mass is 279 g/mol. The van der Waals surface area contributed by atoms with Gasteiger partial charge in [-0.25, -0.2) is 4.39 Å². The normalized spacial score (nSPS) is 13.4. The van der Waals surface area contributed by atoms with Crippen LogP contribution in [0.3, 0.4) is 0 Å². The van der Waals surface area contributed by atoms with Crippen LogP contribution >= 0.6 is 0 Å². The summed E-state index contributed by atoms with van der Waals surface area (Å²) >= 11 is 0. The van der Waals surface area contributed by atoms with E-state index in [1.165, 1.54) is 12.1 Å². The van der Waals surface area contributed by atoms with E-state index in [-0.39, 0.29) is 11.8 Å². The number of nitrogens with one attached hydrogen (secondary N) is 1. The Bertz CT molecular complexity index is 406. The number of alkyl halides is 3. The van der Waals surface area contributed by atoms with Gasteiger partial charge in [-0.05, 0) is 26.0 Å². The first-order valence-corrected chi connectivity index (χ1v) is 6.06. The van der Waals surface area contributed by atoms with Crippen LogP contribution in [-0.4, -0.2) is 19.3 Å². The Balaban J connectivity index is 2.69. The first-order chi connectivity index (χ1) is 8.83. The highest BCUT2D eigenvalue weighted by atomic mass is 19.4. The number of halogens is 4. The molecule has 0 amide bonds. The third-order valence-electron chi connectivity index (χ3n) is 2.54. The van der Waals surface area contributed by atoms with E-state index in [0.29, 0.717) is 5.56 Å². The number of rotatable bonds is 6. The topological polar surface area (TPSA) is 21.3 Å². The summed E-state index contributed by atoms with van der Waals surface area (Å²) in [7, 11) is 0. The number of benzene rings is 1. The van der Waals surface area contributed by atoms with Crippen molar-refractivity contribution < 1.29 is 22.3 Å². The summed E-state index contributed by atoms with van der Waals surface area (Å²) in [5.74, 6) is -0.697. The summed E-state index contributed by atoms with van der Waals surface area (Å²) in [6, 6.07) is 3.56. The maximum Gasteiger partial charge on any atom is 0.422 e. The molecule has 0 heterocycles. The Kier molecular flexibility index (Phi) is 5.60. The van der Waals surface area contributed by atoms with Crippen LogP contribution in [0.2, 0.25) is 0 Å². The lowest BCUT2D eigenvalue weighted by Crippen LogP contribution is -2.21. The first-order valence-electron chi connectivity index (χ1n) is 6.06. The zero-order chi connectivity index (χ0) is 14.5. The predicted molar refractivity (Wildman–Crippen MR) is 64.7 cm³/mol. The van der Waals surface area contributed by atoms with Gasteiger partial charge in [-0.2, -0.15) is 13.2 Å². The molecule has 0 saturated carbocycles. The molecule has 1 aromatic carbocycles. The Hall–Kier alpha value is -1.30. The summed E-state index contributed by atoms with van der Waals surface area (Å²) in [5, 5.41) is 3.10. The quantitative estimate of drug-likeness (QED) is 0.799. The molecule has 1 unspecified atom stereocenters. The fraction of sp³-hybridized carbons (Fsp3) is 0.538. The molecule has 6 heteroatoms. The van der Waals surface area contributed by atoms with Gasteiger partial charge in [0, 0.05) is 17.7 Å². The van der Waals surface area contributed by atoms with Gasteiger partial charge in [-0.3, -0.25) is 0 Å². The van der Waals surface area contributed by atoms with Gasteiger partial charge in [0.2, 0.25) is 0 Å². The van der Waals surface area contributed by atoms with Gasteiger partial charge in [-0.1, -0.05) is 13.0 Å². The zero-order valence-corrected chi connectivity index (χ0v) is 10.9. The molecular formula is C13H17F4NO. The maximum absolute atomic E-state index is 13.7. The minimum absolute atomic E-state index is 0.124. The van der Waals surface area contributed by atoms with Crippen molar-refractivity contribution in [2.75, 3.05) is 13.2 Å². The molecule has 1 rings (SSSR count). The molecule has 0 aliphatic heterocycles. The zero-order valence-electron chi connectivity index (χ0n) is 10.9. The summed E-state index contributed by atoms with van der Waals surface area (Å²) in [4.78, 5) is 0. The third kappa shape index (κ3) is 5.46. The van der Waals surface area contributed by atoms with Crippen molar-refractivity contribution in [3.63, 3.8) is 0 Å². The summed E-state index contributed by atoms with van der Waals surface area (Å²) in [5.41, 5.74) is 0.410. The molecule has 19 heavy (non-hydrogen) atoms. The van der Waals surface area contributed by atoms with E-state index in [1.54, 1.807) is 6.92 Å². The van der Waals surface area contributed by atoms with Crippen LogP contribution < -0.4 is 10.1 Å². The molecule has 1 atom stereocenters. The number of hydrogen-bond acceptors (Lipinski definition) is 2. The van der Waals surface area contributed by atoms with Crippen molar-refractivity contribution in [1.29, 1.82) is 0 Å². The second-order valence-corrected chi connectivity index (χ2v) is 4.26.